The maximum atomic E-state index is 12.6. The average Bonchev–Trinajstić information content (AvgIpc) is 3.67. The van der Waals surface area contributed by atoms with Crippen LogP contribution in [0.5, 0.6) is 23.0 Å². The van der Waals surface area contributed by atoms with Gasteiger partial charge in [0.2, 0.25) is 0 Å². The van der Waals surface area contributed by atoms with Crippen LogP contribution in [0.3, 0.4) is 0 Å². The van der Waals surface area contributed by atoms with E-state index < -0.39 is 128 Å². The molecule has 464 valence electrons. The van der Waals surface area contributed by atoms with Gasteiger partial charge < -0.3 is 0 Å². The SMILES string of the molecule is CC1CCC(CF)CC1.Cc1cc(F)c(CF)c(F)c1.Cc1ccc(CF)c(F)c1.Cc1ccc(CF)cc1.N#Cc1c(F)cc(OF)cc1F.N#Cc1c(F)cc(OF)cc1F.N#Cc1c(F)cc(OF)cc1F.N#Cc1c(F)cc(OF)cc1F. The summed E-state index contributed by atoms with van der Waals surface area (Å²) in [6, 6.07) is 24.0. The van der Waals surface area contributed by atoms with Gasteiger partial charge in [0.1, 0.15) is 131 Å². The zero-order valence-electron chi connectivity index (χ0n) is 45.7. The quantitative estimate of drug-likeness (QED) is 0.137. The van der Waals surface area contributed by atoms with E-state index in [4.69, 9.17) is 21.0 Å². The smallest absolute Gasteiger partial charge is 0.177 e. The summed E-state index contributed by atoms with van der Waals surface area (Å²) < 4.78 is 232. The molecule has 87 heavy (non-hydrogen) atoms. The Morgan fingerprint density at radius 3 is 0.908 bits per heavy atom. The van der Waals surface area contributed by atoms with E-state index in [1.54, 1.807) is 32.0 Å². The minimum Gasteiger partial charge on any atom is -0.294 e. The Morgan fingerprint density at radius 2 is 0.667 bits per heavy atom. The molecule has 1 saturated carbocycles. The molecule has 0 atom stereocenters. The van der Waals surface area contributed by atoms with E-state index in [0.717, 1.165) is 42.0 Å². The second kappa shape index (κ2) is 39.8. The van der Waals surface area contributed by atoms with Gasteiger partial charge in [0, 0.05) is 72.2 Å². The van der Waals surface area contributed by atoms with Crippen LogP contribution in [0.15, 0.2) is 103 Å². The summed E-state index contributed by atoms with van der Waals surface area (Å²) in [5.74, 6) is -12.4. The summed E-state index contributed by atoms with van der Waals surface area (Å²) in [6.45, 7) is 5.28. The Hall–Kier alpha value is -9.63. The number of benzene rings is 7. The van der Waals surface area contributed by atoms with E-state index in [-0.39, 0.29) is 18.9 Å². The highest BCUT2D eigenvalue weighted by molar-refractivity contribution is 5.40. The molecule has 0 amide bonds. The van der Waals surface area contributed by atoms with Gasteiger partial charge in [-0.2, -0.15) is 21.0 Å². The third-order valence-electron chi connectivity index (χ3n) is 11.3. The Balaban J connectivity index is 0.000000498. The van der Waals surface area contributed by atoms with Crippen LogP contribution in [0.1, 0.15) is 88.2 Å². The van der Waals surface area contributed by atoms with E-state index in [2.05, 4.69) is 26.7 Å². The molecule has 0 aliphatic heterocycles. The fourth-order valence-electron chi connectivity index (χ4n) is 6.58. The summed E-state index contributed by atoms with van der Waals surface area (Å²) >= 11 is 0. The Labute approximate surface area is 485 Å². The number of aryl methyl sites for hydroxylation is 3. The number of nitrogens with zero attached hydrogens (tertiary/aromatic N) is 4. The highest BCUT2D eigenvalue weighted by atomic mass is 19.3. The first-order valence-electron chi connectivity index (χ1n) is 24.5. The number of halogens is 19. The van der Waals surface area contributed by atoms with Crippen molar-refractivity contribution in [2.75, 3.05) is 6.67 Å². The minimum atomic E-state index is -1.15. The highest BCUT2D eigenvalue weighted by Gasteiger charge is 2.18. The minimum absolute atomic E-state index is 0.0906. The van der Waals surface area contributed by atoms with Crippen LogP contribution >= 0.6 is 0 Å². The van der Waals surface area contributed by atoms with Crippen molar-refractivity contribution in [3.63, 3.8) is 0 Å². The second-order valence-corrected chi connectivity index (χ2v) is 17.8. The Bertz CT molecular complexity index is 3080. The molecule has 0 radical (unpaired) electrons. The maximum absolute atomic E-state index is 12.6. The van der Waals surface area contributed by atoms with Crippen molar-refractivity contribution in [2.24, 2.45) is 11.8 Å². The summed E-state index contributed by atoms with van der Waals surface area (Å²) in [5, 5.41) is 32.8. The second-order valence-electron chi connectivity index (χ2n) is 17.8. The van der Waals surface area contributed by atoms with Crippen molar-refractivity contribution >= 4 is 0 Å². The van der Waals surface area contributed by atoms with E-state index in [0.29, 0.717) is 60.0 Å². The molecule has 1 aliphatic rings. The van der Waals surface area contributed by atoms with Gasteiger partial charge in [-0.1, -0.05) is 61.7 Å². The summed E-state index contributed by atoms with van der Waals surface area (Å²) in [5.41, 5.74) is -0.181. The standard InChI is InChI=1S/C8H7F3.C8H8F2.C8H15F.C8H9F.4C7H2F3NO/c1-5-2-7(10)6(4-9)8(11)3-5;1-6-2-3-7(5-9)8(10)4-6;2*1-7-2-4-8(6-9)5-3-7;4*8-6-1-4(12-10)2-7(9)5(6)3-11/h2-3H,4H2,1H3;2-4H,5H2,1H3;7-8H,2-6H2,1H3;2-5H,6H2,1H3;4*1-2H. The van der Waals surface area contributed by atoms with Gasteiger partial charge in [0.25, 0.3) is 0 Å². The van der Waals surface area contributed by atoms with Crippen molar-refractivity contribution in [1.29, 1.82) is 21.0 Å². The first-order valence-corrected chi connectivity index (χ1v) is 24.5. The summed E-state index contributed by atoms with van der Waals surface area (Å²) in [4.78, 5) is 12.3. The molecule has 0 aromatic heterocycles. The lowest BCUT2D eigenvalue weighted by molar-refractivity contribution is -0.00692. The van der Waals surface area contributed by atoms with Gasteiger partial charge in [0.15, 0.2) is 23.0 Å². The van der Waals surface area contributed by atoms with Crippen LogP contribution in [0.2, 0.25) is 0 Å². The molecule has 7 aromatic carbocycles. The van der Waals surface area contributed by atoms with Crippen molar-refractivity contribution in [3.05, 3.63) is 223 Å². The number of alkyl halides is 4. The van der Waals surface area contributed by atoms with E-state index in [1.165, 1.54) is 54.8 Å². The topological polar surface area (TPSA) is 132 Å². The van der Waals surface area contributed by atoms with Crippen molar-refractivity contribution in [3.8, 4) is 47.3 Å². The molecule has 0 saturated heterocycles. The largest absolute Gasteiger partial charge is 0.294 e. The fraction of sp³-hybridized carbons (Fsp3) is 0.233. The third-order valence-corrected chi connectivity index (χ3v) is 11.3. The third kappa shape index (κ3) is 26.0. The average molecular weight is 1250 g/mol. The van der Waals surface area contributed by atoms with Crippen LogP contribution in [0, 0.1) is 142 Å². The normalized spacial score (nSPS) is 12.3. The predicted octanol–water partition coefficient (Wildman–Crippen LogP) is 19.0. The van der Waals surface area contributed by atoms with Crippen LogP contribution in [0.25, 0.3) is 0 Å². The number of rotatable bonds is 8. The molecule has 0 spiro atoms. The maximum Gasteiger partial charge on any atom is 0.177 e. The first kappa shape index (κ1) is 75.4. The van der Waals surface area contributed by atoms with Gasteiger partial charge in [-0.25, -0.2) is 61.5 Å². The number of hydrogen-bond donors (Lipinski definition) is 0. The molecule has 27 heteroatoms. The molecular weight excluding hydrogens is 1200 g/mol. The lowest BCUT2D eigenvalue weighted by atomic mass is 9.84. The molecule has 1 aliphatic carbocycles. The summed E-state index contributed by atoms with van der Waals surface area (Å²) in [7, 11) is 0. The van der Waals surface area contributed by atoms with Crippen molar-refractivity contribution in [2.45, 2.75) is 73.4 Å². The lowest BCUT2D eigenvalue weighted by Gasteiger charge is -2.23. The lowest BCUT2D eigenvalue weighted by Crippen LogP contribution is -2.13. The first-order chi connectivity index (χ1) is 41.3. The van der Waals surface area contributed by atoms with Gasteiger partial charge in [-0.15, -0.1) is 0 Å². The highest BCUT2D eigenvalue weighted by Crippen LogP contribution is 2.29. The monoisotopic (exact) mass is 1250 g/mol. The van der Waals surface area contributed by atoms with E-state index in [1.807, 2.05) is 19.1 Å². The molecule has 0 bridgehead atoms. The molecule has 1 fully saturated rings. The van der Waals surface area contributed by atoms with Crippen molar-refractivity contribution in [1.82, 2.24) is 0 Å². The van der Waals surface area contributed by atoms with E-state index >= 15 is 0 Å². The van der Waals surface area contributed by atoms with Crippen LogP contribution in [-0.2, 0) is 20.0 Å². The molecule has 8 nitrogen and oxygen atoms in total. The molecule has 0 N–H and O–H groups in total. The summed E-state index contributed by atoms with van der Waals surface area (Å²) in [6.07, 6.45) is 4.73. The van der Waals surface area contributed by atoms with Crippen LogP contribution < -0.4 is 19.8 Å². The fourth-order valence-corrected chi connectivity index (χ4v) is 6.58. The van der Waals surface area contributed by atoms with E-state index in [9.17, 15) is 84.0 Å². The predicted molar refractivity (Wildman–Crippen MR) is 276 cm³/mol. The molecule has 7 aromatic rings. The van der Waals surface area contributed by atoms with Crippen LogP contribution in [0.4, 0.5) is 84.0 Å². The molecule has 0 unspecified atom stereocenters. The Kier molecular flexibility index (Phi) is 34.5. The van der Waals surface area contributed by atoms with Gasteiger partial charge in [-0.05, 0) is 80.3 Å². The van der Waals surface area contributed by atoms with Gasteiger partial charge in [-0.3, -0.25) is 24.2 Å². The van der Waals surface area contributed by atoms with Gasteiger partial charge >= 0.3 is 0 Å². The van der Waals surface area contributed by atoms with Crippen molar-refractivity contribution < 1.29 is 104 Å². The zero-order valence-corrected chi connectivity index (χ0v) is 45.7. The Morgan fingerprint density at radius 1 is 0.368 bits per heavy atom. The number of hydrogen-bond acceptors (Lipinski definition) is 8. The molecule has 8 rings (SSSR count). The molecule has 0 heterocycles. The van der Waals surface area contributed by atoms with Gasteiger partial charge in [0.05, 0.1) is 12.2 Å². The van der Waals surface area contributed by atoms with Crippen LogP contribution in [-0.4, -0.2) is 6.67 Å². The zero-order chi connectivity index (χ0) is 65.9. The molecular formula is C60H47F19N4O4. The number of nitriles is 4.